The van der Waals surface area contributed by atoms with E-state index in [2.05, 4.69) is 20.7 Å². The lowest BCUT2D eigenvalue weighted by atomic mass is 10.2. The lowest BCUT2D eigenvalue weighted by molar-refractivity contribution is 0.601. The van der Waals surface area contributed by atoms with E-state index in [4.69, 9.17) is 11.6 Å². The predicted octanol–water partition coefficient (Wildman–Crippen LogP) is 4.34. The lowest BCUT2D eigenvalue weighted by Gasteiger charge is -2.19. The van der Waals surface area contributed by atoms with E-state index in [1.165, 1.54) is 11.3 Å². The molecule has 1 N–H and O–H groups in total. The highest BCUT2D eigenvalue weighted by atomic mass is 79.9. The summed E-state index contributed by atoms with van der Waals surface area (Å²) in [5.74, 6) is 0. The van der Waals surface area contributed by atoms with E-state index in [-0.39, 0.29) is 4.90 Å². The first-order chi connectivity index (χ1) is 9.72. The predicted molar refractivity (Wildman–Crippen MR) is 93.3 cm³/mol. The molecule has 1 heterocycles. The Morgan fingerprint density at radius 3 is 2.52 bits per heavy atom. The summed E-state index contributed by atoms with van der Waals surface area (Å²) in [6.07, 6.45) is 0. The van der Waals surface area contributed by atoms with Gasteiger partial charge in [0.25, 0.3) is 10.0 Å². The number of hydrogen-bond donors (Lipinski definition) is 1. The van der Waals surface area contributed by atoms with Gasteiger partial charge in [-0.25, -0.2) is 8.42 Å². The Balaban J connectivity index is 2.47. The van der Waals surface area contributed by atoms with Gasteiger partial charge in [-0.2, -0.15) is 0 Å². The zero-order valence-electron chi connectivity index (χ0n) is 11.6. The Labute approximate surface area is 141 Å². The molecule has 0 atom stereocenters. The highest BCUT2D eigenvalue weighted by Gasteiger charge is 2.22. The third kappa shape index (κ3) is 3.53. The van der Waals surface area contributed by atoms with Crippen molar-refractivity contribution in [1.29, 1.82) is 0 Å². The maximum absolute atomic E-state index is 12.5. The van der Waals surface area contributed by atoms with Gasteiger partial charge in [0, 0.05) is 19.0 Å². The van der Waals surface area contributed by atoms with Crippen LogP contribution in [0.2, 0.25) is 5.02 Å². The van der Waals surface area contributed by atoms with Gasteiger partial charge in [-0.3, -0.25) is 4.72 Å². The molecular formula is C13H14BrClN2O2S2. The average Bonchev–Trinajstić information content (AvgIpc) is 2.68. The van der Waals surface area contributed by atoms with E-state index < -0.39 is 10.0 Å². The van der Waals surface area contributed by atoms with Crippen molar-refractivity contribution in [2.24, 2.45) is 0 Å². The van der Waals surface area contributed by atoms with Crippen molar-refractivity contribution in [2.45, 2.75) is 11.8 Å². The highest BCUT2D eigenvalue weighted by molar-refractivity contribution is 9.11. The summed E-state index contributed by atoms with van der Waals surface area (Å²) >= 11 is 10.8. The topological polar surface area (TPSA) is 49.4 Å². The maximum atomic E-state index is 12.5. The quantitative estimate of drug-likeness (QED) is 0.817. The molecule has 21 heavy (non-hydrogen) atoms. The Bertz CT molecular complexity index is 772. The molecule has 0 spiro atoms. The SMILES string of the molecule is Cc1sc(Br)cc1S(=O)(=O)Nc1cccc(Cl)c1N(C)C. The zero-order chi connectivity index (χ0) is 15.8. The molecule has 4 nitrogen and oxygen atoms in total. The second-order valence-corrected chi connectivity index (χ2v) is 9.30. The van der Waals surface area contributed by atoms with Crippen molar-refractivity contribution in [1.82, 2.24) is 0 Å². The van der Waals surface area contributed by atoms with Gasteiger partial charge in [-0.1, -0.05) is 17.7 Å². The van der Waals surface area contributed by atoms with Crippen LogP contribution in [0.25, 0.3) is 0 Å². The van der Waals surface area contributed by atoms with Crippen LogP contribution < -0.4 is 9.62 Å². The third-order valence-corrected chi connectivity index (χ3v) is 6.29. The van der Waals surface area contributed by atoms with Crippen LogP contribution in [0.5, 0.6) is 0 Å². The fourth-order valence-corrected chi connectivity index (χ4v) is 5.78. The van der Waals surface area contributed by atoms with Crippen molar-refractivity contribution in [2.75, 3.05) is 23.7 Å². The average molecular weight is 410 g/mol. The van der Waals surface area contributed by atoms with Gasteiger partial charge >= 0.3 is 0 Å². The molecule has 2 rings (SSSR count). The number of hydrogen-bond acceptors (Lipinski definition) is 4. The summed E-state index contributed by atoms with van der Waals surface area (Å²) in [6.45, 7) is 1.77. The minimum absolute atomic E-state index is 0.268. The molecule has 0 radical (unpaired) electrons. The third-order valence-electron chi connectivity index (χ3n) is 2.81. The first-order valence-electron chi connectivity index (χ1n) is 5.97. The van der Waals surface area contributed by atoms with Crippen molar-refractivity contribution in [3.8, 4) is 0 Å². The summed E-state index contributed by atoms with van der Waals surface area (Å²) in [4.78, 5) is 2.77. The van der Waals surface area contributed by atoms with E-state index in [1.807, 2.05) is 14.1 Å². The summed E-state index contributed by atoms with van der Waals surface area (Å²) in [5, 5.41) is 0.489. The molecule has 0 aliphatic heterocycles. The van der Waals surface area contributed by atoms with Crippen LogP contribution in [-0.2, 0) is 10.0 Å². The van der Waals surface area contributed by atoms with Crippen LogP contribution in [0.3, 0.4) is 0 Å². The Hall–Kier alpha value is -0.760. The van der Waals surface area contributed by atoms with E-state index >= 15 is 0 Å². The second kappa shape index (κ2) is 6.16. The fourth-order valence-electron chi connectivity index (χ4n) is 1.95. The molecule has 0 fully saturated rings. The first kappa shape index (κ1) is 16.6. The summed E-state index contributed by atoms with van der Waals surface area (Å²) < 4.78 is 28.5. The second-order valence-electron chi connectivity index (χ2n) is 4.61. The van der Waals surface area contributed by atoms with Crippen LogP contribution >= 0.6 is 38.9 Å². The molecule has 2 aromatic rings. The van der Waals surface area contributed by atoms with Gasteiger partial charge in [-0.05, 0) is 41.1 Å². The Morgan fingerprint density at radius 2 is 2.00 bits per heavy atom. The van der Waals surface area contributed by atoms with Gasteiger partial charge in [0.1, 0.15) is 4.90 Å². The summed E-state index contributed by atoms with van der Waals surface area (Å²) in [5.41, 5.74) is 1.09. The Kier molecular flexibility index (Phi) is 4.87. The Morgan fingerprint density at radius 1 is 1.33 bits per heavy atom. The van der Waals surface area contributed by atoms with Crippen LogP contribution in [0.1, 0.15) is 4.88 Å². The van der Waals surface area contributed by atoms with Gasteiger partial charge in [-0.15, -0.1) is 11.3 Å². The molecule has 0 aliphatic rings. The van der Waals surface area contributed by atoms with E-state index in [9.17, 15) is 8.42 Å². The minimum Gasteiger partial charge on any atom is -0.375 e. The standard InChI is InChI=1S/C13H14BrClN2O2S2/c1-8-11(7-12(14)20-8)21(18,19)16-10-6-4-5-9(15)13(10)17(2)3/h4-7,16H,1-3H3. The molecular weight excluding hydrogens is 396 g/mol. The van der Waals surface area contributed by atoms with Crippen molar-refractivity contribution >= 4 is 60.3 Å². The molecule has 0 aliphatic carbocycles. The van der Waals surface area contributed by atoms with Crippen LogP contribution in [0, 0.1) is 6.92 Å². The van der Waals surface area contributed by atoms with Crippen molar-refractivity contribution in [3.05, 3.63) is 38.0 Å². The van der Waals surface area contributed by atoms with Gasteiger partial charge in [0.15, 0.2) is 0 Å². The zero-order valence-corrected chi connectivity index (χ0v) is 15.6. The maximum Gasteiger partial charge on any atom is 0.263 e. The molecule has 0 amide bonds. The molecule has 114 valence electrons. The number of anilines is 2. The number of para-hydroxylation sites is 1. The molecule has 1 aromatic carbocycles. The number of nitrogens with one attached hydrogen (secondary N) is 1. The first-order valence-corrected chi connectivity index (χ1v) is 9.44. The summed E-state index contributed by atoms with van der Waals surface area (Å²) in [6, 6.07) is 6.72. The summed E-state index contributed by atoms with van der Waals surface area (Å²) in [7, 11) is -0.0289. The lowest BCUT2D eigenvalue weighted by Crippen LogP contribution is -2.17. The molecule has 0 saturated heterocycles. The van der Waals surface area contributed by atoms with E-state index in [1.54, 1.807) is 36.1 Å². The number of thiophene rings is 1. The number of aryl methyl sites for hydroxylation is 1. The minimum atomic E-state index is -3.65. The smallest absolute Gasteiger partial charge is 0.263 e. The normalized spacial score (nSPS) is 11.5. The van der Waals surface area contributed by atoms with Gasteiger partial charge < -0.3 is 4.90 Å². The van der Waals surface area contributed by atoms with Crippen LogP contribution in [0.4, 0.5) is 11.4 Å². The number of sulfonamides is 1. The molecule has 0 unspecified atom stereocenters. The molecule has 1 aromatic heterocycles. The molecule has 8 heteroatoms. The van der Waals surface area contributed by atoms with E-state index in [0.29, 0.717) is 16.4 Å². The van der Waals surface area contributed by atoms with Crippen LogP contribution in [-0.4, -0.2) is 22.5 Å². The van der Waals surface area contributed by atoms with E-state index in [0.717, 1.165) is 8.66 Å². The monoisotopic (exact) mass is 408 g/mol. The largest absolute Gasteiger partial charge is 0.375 e. The van der Waals surface area contributed by atoms with Crippen molar-refractivity contribution in [3.63, 3.8) is 0 Å². The molecule has 0 saturated carbocycles. The van der Waals surface area contributed by atoms with Gasteiger partial charge in [0.2, 0.25) is 0 Å². The highest BCUT2D eigenvalue weighted by Crippen LogP contribution is 2.35. The van der Waals surface area contributed by atoms with Crippen molar-refractivity contribution < 1.29 is 8.42 Å². The number of nitrogens with zero attached hydrogens (tertiary/aromatic N) is 1. The number of benzene rings is 1. The number of halogens is 2. The number of rotatable bonds is 4. The van der Waals surface area contributed by atoms with Gasteiger partial charge in [0.05, 0.1) is 20.2 Å². The van der Waals surface area contributed by atoms with Crippen LogP contribution in [0.15, 0.2) is 32.9 Å². The molecule has 0 bridgehead atoms. The fraction of sp³-hybridized carbons (Fsp3) is 0.231.